The molecule has 0 aromatic heterocycles. The Morgan fingerprint density at radius 3 is 2.59 bits per heavy atom. The van der Waals surface area contributed by atoms with Crippen molar-refractivity contribution in [3.63, 3.8) is 0 Å². The van der Waals surface area contributed by atoms with Crippen LogP contribution < -0.4 is 0 Å². The lowest BCUT2D eigenvalue weighted by molar-refractivity contribution is 0.0557. The summed E-state index contributed by atoms with van der Waals surface area (Å²) in [4.78, 5) is 0. The van der Waals surface area contributed by atoms with Crippen LogP contribution in [-0.4, -0.2) is 11.2 Å². The summed E-state index contributed by atoms with van der Waals surface area (Å²) in [6, 6.07) is 0. The summed E-state index contributed by atoms with van der Waals surface area (Å²) in [6.07, 6.45) is 9.69. The Hall–Kier alpha value is -0.0400. The molecular weight excluding hydrogens is 208 g/mol. The maximum absolute atomic E-state index is 9.97. The van der Waals surface area contributed by atoms with Crippen LogP contribution in [0.4, 0.5) is 0 Å². The zero-order valence-electron chi connectivity index (χ0n) is 12.3. The topological polar surface area (TPSA) is 20.2 Å². The van der Waals surface area contributed by atoms with Crippen LogP contribution in [0.1, 0.15) is 79.1 Å². The fourth-order valence-electron chi connectivity index (χ4n) is 3.67. The molecule has 1 rings (SSSR count). The SMILES string of the molecule is CCCCC(O)CC[C@H]1[C@@H](C)CCCC1(C)C. The molecule has 0 aliphatic heterocycles. The molecule has 1 nitrogen and oxygen atoms in total. The van der Waals surface area contributed by atoms with E-state index in [9.17, 15) is 5.11 Å². The minimum absolute atomic E-state index is 0.0557. The van der Waals surface area contributed by atoms with Crippen LogP contribution in [0.15, 0.2) is 0 Å². The van der Waals surface area contributed by atoms with Gasteiger partial charge in [0.15, 0.2) is 0 Å². The first-order valence-corrected chi connectivity index (χ1v) is 7.65. The van der Waals surface area contributed by atoms with Gasteiger partial charge in [-0.3, -0.25) is 0 Å². The van der Waals surface area contributed by atoms with Crippen molar-refractivity contribution >= 4 is 0 Å². The highest BCUT2D eigenvalue weighted by molar-refractivity contribution is 4.86. The van der Waals surface area contributed by atoms with Crippen LogP contribution in [0.2, 0.25) is 0 Å². The third-order valence-electron chi connectivity index (χ3n) is 4.87. The van der Waals surface area contributed by atoms with Gasteiger partial charge >= 0.3 is 0 Å². The molecule has 0 radical (unpaired) electrons. The largest absolute Gasteiger partial charge is 0.393 e. The van der Waals surface area contributed by atoms with Crippen molar-refractivity contribution in [2.75, 3.05) is 0 Å². The summed E-state index contributed by atoms with van der Waals surface area (Å²) in [5.74, 6) is 1.66. The number of aliphatic hydroxyl groups is 1. The molecule has 1 saturated carbocycles. The highest BCUT2D eigenvalue weighted by Gasteiger charge is 2.36. The van der Waals surface area contributed by atoms with Crippen LogP contribution in [0.3, 0.4) is 0 Å². The number of hydrogen-bond acceptors (Lipinski definition) is 1. The summed E-state index contributed by atoms with van der Waals surface area (Å²) in [7, 11) is 0. The lowest BCUT2D eigenvalue weighted by atomic mass is 9.62. The maximum atomic E-state index is 9.97. The Balaban J connectivity index is 2.37. The predicted octanol–water partition coefficient (Wildman–Crippen LogP) is 4.78. The van der Waals surface area contributed by atoms with E-state index in [1.165, 1.54) is 38.5 Å². The molecule has 0 spiro atoms. The van der Waals surface area contributed by atoms with Gasteiger partial charge in [-0.25, -0.2) is 0 Å². The minimum Gasteiger partial charge on any atom is -0.393 e. The first kappa shape index (κ1) is 15.0. The van der Waals surface area contributed by atoms with E-state index in [2.05, 4.69) is 27.7 Å². The van der Waals surface area contributed by atoms with Crippen molar-refractivity contribution in [1.82, 2.24) is 0 Å². The Bertz CT molecular complexity index is 210. The smallest absolute Gasteiger partial charge is 0.0540 e. The van der Waals surface area contributed by atoms with Gasteiger partial charge < -0.3 is 5.11 Å². The molecule has 0 aromatic rings. The molecule has 17 heavy (non-hydrogen) atoms. The summed E-state index contributed by atoms with van der Waals surface area (Å²) in [5.41, 5.74) is 0.488. The second-order valence-electron chi connectivity index (χ2n) is 6.84. The molecule has 1 heteroatoms. The van der Waals surface area contributed by atoms with Gasteiger partial charge in [0, 0.05) is 0 Å². The number of unbranched alkanes of at least 4 members (excludes halogenated alkanes) is 1. The average molecular weight is 240 g/mol. The Labute approximate surface area is 108 Å². The van der Waals surface area contributed by atoms with E-state index < -0.39 is 0 Å². The Morgan fingerprint density at radius 2 is 2.00 bits per heavy atom. The molecule has 1 aliphatic rings. The van der Waals surface area contributed by atoms with E-state index in [0.29, 0.717) is 5.41 Å². The molecule has 102 valence electrons. The number of aliphatic hydroxyl groups excluding tert-OH is 1. The average Bonchev–Trinajstić information content (AvgIpc) is 2.24. The van der Waals surface area contributed by atoms with E-state index in [1.54, 1.807) is 0 Å². The lowest BCUT2D eigenvalue weighted by Gasteiger charge is -2.43. The number of hydrogen-bond donors (Lipinski definition) is 1. The van der Waals surface area contributed by atoms with Crippen LogP contribution in [-0.2, 0) is 0 Å². The van der Waals surface area contributed by atoms with E-state index in [-0.39, 0.29) is 6.10 Å². The molecule has 1 aliphatic carbocycles. The second kappa shape index (κ2) is 6.78. The monoisotopic (exact) mass is 240 g/mol. The van der Waals surface area contributed by atoms with Crippen molar-refractivity contribution in [3.8, 4) is 0 Å². The molecule has 3 atom stereocenters. The first-order chi connectivity index (χ1) is 7.97. The maximum Gasteiger partial charge on any atom is 0.0540 e. The Kier molecular flexibility index (Phi) is 5.99. The zero-order chi connectivity index (χ0) is 12.9. The molecule has 0 bridgehead atoms. The molecule has 1 N–H and O–H groups in total. The second-order valence-corrected chi connectivity index (χ2v) is 6.84. The van der Waals surface area contributed by atoms with Gasteiger partial charge in [-0.15, -0.1) is 0 Å². The molecular formula is C16H32O. The normalized spacial score (nSPS) is 30.2. The van der Waals surface area contributed by atoms with E-state index in [1.807, 2.05) is 0 Å². The summed E-state index contributed by atoms with van der Waals surface area (Å²) >= 11 is 0. The van der Waals surface area contributed by atoms with Gasteiger partial charge in [0.1, 0.15) is 0 Å². The van der Waals surface area contributed by atoms with Crippen molar-refractivity contribution < 1.29 is 5.11 Å². The highest BCUT2D eigenvalue weighted by Crippen LogP contribution is 2.46. The quantitative estimate of drug-likeness (QED) is 0.708. The van der Waals surface area contributed by atoms with E-state index >= 15 is 0 Å². The Morgan fingerprint density at radius 1 is 1.29 bits per heavy atom. The predicted molar refractivity (Wildman–Crippen MR) is 75.1 cm³/mol. The molecule has 0 aromatic carbocycles. The highest BCUT2D eigenvalue weighted by atomic mass is 16.3. The first-order valence-electron chi connectivity index (χ1n) is 7.65. The summed E-state index contributed by atoms with van der Waals surface area (Å²) in [5, 5.41) is 9.97. The van der Waals surface area contributed by atoms with Gasteiger partial charge in [0.25, 0.3) is 0 Å². The van der Waals surface area contributed by atoms with E-state index in [4.69, 9.17) is 0 Å². The van der Waals surface area contributed by atoms with Gasteiger partial charge in [-0.1, -0.05) is 53.4 Å². The van der Waals surface area contributed by atoms with Crippen molar-refractivity contribution in [2.24, 2.45) is 17.3 Å². The molecule has 0 heterocycles. The van der Waals surface area contributed by atoms with Crippen molar-refractivity contribution in [1.29, 1.82) is 0 Å². The van der Waals surface area contributed by atoms with Gasteiger partial charge in [-0.2, -0.15) is 0 Å². The van der Waals surface area contributed by atoms with Crippen LogP contribution in [0.5, 0.6) is 0 Å². The standard InChI is InChI=1S/C16H32O/c1-5-6-9-14(17)10-11-15-13(2)8-7-12-16(15,3)4/h13-15,17H,5-12H2,1-4H3/t13-,14?,15-/m0/s1. The van der Waals surface area contributed by atoms with Gasteiger partial charge in [-0.05, 0) is 42.9 Å². The zero-order valence-corrected chi connectivity index (χ0v) is 12.3. The van der Waals surface area contributed by atoms with Gasteiger partial charge in [0.2, 0.25) is 0 Å². The molecule has 1 fully saturated rings. The fourth-order valence-corrected chi connectivity index (χ4v) is 3.67. The molecule has 0 saturated heterocycles. The number of rotatable bonds is 6. The van der Waals surface area contributed by atoms with Crippen LogP contribution in [0, 0.1) is 17.3 Å². The van der Waals surface area contributed by atoms with Crippen molar-refractivity contribution in [3.05, 3.63) is 0 Å². The third kappa shape index (κ3) is 4.62. The van der Waals surface area contributed by atoms with Crippen LogP contribution >= 0.6 is 0 Å². The lowest BCUT2D eigenvalue weighted by Crippen LogP contribution is -2.34. The third-order valence-corrected chi connectivity index (χ3v) is 4.87. The minimum atomic E-state index is -0.0557. The van der Waals surface area contributed by atoms with Crippen LogP contribution in [0.25, 0.3) is 0 Å². The summed E-state index contributed by atoms with van der Waals surface area (Å²) in [6.45, 7) is 9.44. The van der Waals surface area contributed by atoms with Gasteiger partial charge in [0.05, 0.1) is 6.10 Å². The molecule has 0 amide bonds. The van der Waals surface area contributed by atoms with Crippen molar-refractivity contribution in [2.45, 2.75) is 85.2 Å². The summed E-state index contributed by atoms with van der Waals surface area (Å²) < 4.78 is 0. The van der Waals surface area contributed by atoms with E-state index in [0.717, 1.165) is 24.7 Å². The molecule has 1 unspecified atom stereocenters. The fraction of sp³-hybridized carbons (Fsp3) is 1.00.